The Bertz CT molecular complexity index is 1080. The molecule has 0 spiro atoms. The second-order valence-electron chi connectivity index (χ2n) is 7.11. The maximum Gasteiger partial charge on any atom is 0.411 e. The normalized spacial score (nSPS) is 11.5. The lowest BCUT2D eigenvalue weighted by atomic mass is 10.0. The van der Waals surface area contributed by atoms with E-state index < -0.39 is 12.0 Å². The highest BCUT2D eigenvalue weighted by Gasteiger charge is 2.12. The number of aliphatic hydroxyl groups is 1. The highest BCUT2D eigenvalue weighted by molar-refractivity contribution is 6.31. The molecule has 0 bridgehead atoms. The predicted molar refractivity (Wildman–Crippen MR) is 125 cm³/mol. The van der Waals surface area contributed by atoms with Gasteiger partial charge in [0, 0.05) is 34.6 Å². The third-order valence-corrected chi connectivity index (χ3v) is 4.85. The molecule has 8 heteroatoms. The molecule has 1 atom stereocenters. The molecule has 32 heavy (non-hydrogen) atoms. The largest absolute Gasteiger partial charge is 0.444 e. The van der Waals surface area contributed by atoms with E-state index in [1.54, 1.807) is 18.2 Å². The Kier molecular flexibility index (Phi) is 8.21. The van der Waals surface area contributed by atoms with Gasteiger partial charge in [0.1, 0.15) is 6.61 Å². The van der Waals surface area contributed by atoms with E-state index in [2.05, 4.69) is 10.6 Å². The van der Waals surface area contributed by atoms with Crippen molar-refractivity contribution in [1.29, 1.82) is 0 Å². The molecule has 0 aliphatic heterocycles. The number of anilines is 2. The van der Waals surface area contributed by atoms with Gasteiger partial charge in [-0.05, 0) is 47.9 Å². The second kappa shape index (κ2) is 11.3. The van der Waals surface area contributed by atoms with Crippen molar-refractivity contribution < 1.29 is 19.4 Å². The van der Waals surface area contributed by atoms with Crippen molar-refractivity contribution in [2.45, 2.75) is 19.1 Å². The molecule has 3 aromatic rings. The van der Waals surface area contributed by atoms with Gasteiger partial charge in [-0.1, -0.05) is 54.1 Å². The molecule has 3 aromatic carbocycles. The van der Waals surface area contributed by atoms with Crippen LogP contribution in [0.4, 0.5) is 16.2 Å². The fraction of sp³-hybridized carbons (Fsp3) is 0.167. The summed E-state index contributed by atoms with van der Waals surface area (Å²) in [5.74, 6) is -0.402. The standard InChI is InChI=1S/C24H24ClN3O4/c25-19-11-18(23(30)27-20-8-4-7-17(12-20)22(26)9-10-29)13-21(14-19)28-24(31)32-15-16-5-2-1-3-6-16/h1-8,11-14,22,29H,9-10,15,26H2,(H,27,30)(H,28,31)/t22-/m0/s1. The van der Waals surface area contributed by atoms with Crippen molar-refractivity contribution >= 4 is 35.0 Å². The van der Waals surface area contributed by atoms with Crippen LogP contribution in [-0.2, 0) is 11.3 Å². The summed E-state index contributed by atoms with van der Waals surface area (Å²) >= 11 is 6.14. The van der Waals surface area contributed by atoms with Crippen LogP contribution in [0.5, 0.6) is 0 Å². The quantitative estimate of drug-likeness (QED) is 0.394. The topological polar surface area (TPSA) is 114 Å². The Balaban J connectivity index is 1.65. The molecule has 7 nitrogen and oxygen atoms in total. The molecule has 0 saturated carbocycles. The van der Waals surface area contributed by atoms with Crippen LogP contribution in [0.2, 0.25) is 5.02 Å². The first-order valence-electron chi connectivity index (χ1n) is 10.0. The smallest absolute Gasteiger partial charge is 0.411 e. The number of aliphatic hydroxyl groups excluding tert-OH is 1. The first-order valence-corrected chi connectivity index (χ1v) is 10.4. The van der Waals surface area contributed by atoms with E-state index in [9.17, 15) is 9.59 Å². The van der Waals surface area contributed by atoms with Gasteiger partial charge >= 0.3 is 6.09 Å². The van der Waals surface area contributed by atoms with Gasteiger partial charge in [-0.15, -0.1) is 0 Å². The summed E-state index contributed by atoms with van der Waals surface area (Å²) < 4.78 is 5.20. The first-order chi connectivity index (χ1) is 15.4. The van der Waals surface area contributed by atoms with Crippen molar-refractivity contribution in [3.8, 4) is 0 Å². The average molecular weight is 454 g/mol. The van der Waals surface area contributed by atoms with Crippen LogP contribution in [0.3, 0.4) is 0 Å². The molecule has 0 aliphatic carbocycles. The number of nitrogens with two attached hydrogens (primary N) is 1. The van der Waals surface area contributed by atoms with Crippen LogP contribution >= 0.6 is 11.6 Å². The highest BCUT2D eigenvalue weighted by Crippen LogP contribution is 2.22. The minimum Gasteiger partial charge on any atom is -0.444 e. The molecule has 0 aromatic heterocycles. The van der Waals surface area contributed by atoms with Crippen molar-refractivity contribution in [2.24, 2.45) is 5.73 Å². The van der Waals surface area contributed by atoms with Gasteiger partial charge in [0.25, 0.3) is 5.91 Å². The monoisotopic (exact) mass is 453 g/mol. The van der Waals surface area contributed by atoms with Crippen LogP contribution < -0.4 is 16.4 Å². The summed E-state index contributed by atoms with van der Waals surface area (Å²) in [6, 6.07) is 20.6. The molecule has 3 rings (SSSR count). The molecule has 2 amide bonds. The van der Waals surface area contributed by atoms with Crippen LogP contribution in [0.15, 0.2) is 72.8 Å². The molecule has 5 N–H and O–H groups in total. The maximum atomic E-state index is 12.7. The molecular weight excluding hydrogens is 430 g/mol. The number of nitrogens with one attached hydrogen (secondary N) is 2. The minimum atomic E-state index is -0.659. The number of carbonyl (C=O) groups is 2. The predicted octanol–water partition coefficient (Wildman–Crippen LogP) is 4.72. The van der Waals surface area contributed by atoms with Crippen LogP contribution in [0.1, 0.15) is 33.9 Å². The highest BCUT2D eigenvalue weighted by atomic mass is 35.5. The number of benzene rings is 3. The Hall–Kier alpha value is -3.39. The number of amides is 2. The van der Waals surface area contributed by atoms with E-state index in [4.69, 9.17) is 27.2 Å². The Morgan fingerprint density at radius 1 is 0.969 bits per heavy atom. The van der Waals surface area contributed by atoms with Crippen LogP contribution in [0, 0.1) is 0 Å². The van der Waals surface area contributed by atoms with Crippen LogP contribution in [0.25, 0.3) is 0 Å². The fourth-order valence-corrected chi connectivity index (χ4v) is 3.26. The van der Waals surface area contributed by atoms with Gasteiger partial charge in [-0.3, -0.25) is 10.1 Å². The third kappa shape index (κ3) is 6.81. The summed E-state index contributed by atoms with van der Waals surface area (Å²) in [7, 11) is 0. The number of rotatable bonds is 8. The van der Waals surface area contributed by atoms with E-state index in [-0.39, 0.29) is 29.8 Å². The Morgan fingerprint density at radius 2 is 1.75 bits per heavy atom. The Labute approximate surface area is 191 Å². The minimum absolute atomic E-state index is 0.0240. The van der Waals surface area contributed by atoms with Gasteiger partial charge < -0.3 is 20.9 Å². The number of halogens is 1. The zero-order valence-electron chi connectivity index (χ0n) is 17.3. The zero-order valence-corrected chi connectivity index (χ0v) is 18.0. The lowest BCUT2D eigenvalue weighted by Crippen LogP contribution is -2.16. The van der Waals surface area contributed by atoms with E-state index in [1.807, 2.05) is 36.4 Å². The average Bonchev–Trinajstić information content (AvgIpc) is 2.78. The van der Waals surface area contributed by atoms with Gasteiger partial charge in [0.05, 0.1) is 0 Å². The summed E-state index contributed by atoms with van der Waals surface area (Å²) in [6.07, 6.45) is -0.241. The van der Waals surface area contributed by atoms with Gasteiger partial charge in [-0.25, -0.2) is 4.79 Å². The summed E-state index contributed by atoms with van der Waals surface area (Å²) in [5.41, 5.74) is 8.83. The van der Waals surface area contributed by atoms with Crippen molar-refractivity contribution in [2.75, 3.05) is 17.2 Å². The lowest BCUT2D eigenvalue weighted by molar-refractivity contribution is 0.102. The number of ether oxygens (including phenoxy) is 1. The van der Waals surface area contributed by atoms with Crippen LogP contribution in [-0.4, -0.2) is 23.7 Å². The van der Waals surface area contributed by atoms with Crippen molar-refractivity contribution in [3.63, 3.8) is 0 Å². The molecule has 0 aliphatic rings. The molecule has 0 saturated heterocycles. The summed E-state index contributed by atoms with van der Waals surface area (Å²) in [4.78, 5) is 24.9. The number of hydrogen-bond donors (Lipinski definition) is 4. The zero-order chi connectivity index (χ0) is 22.9. The molecule has 0 heterocycles. The van der Waals surface area contributed by atoms with E-state index in [0.717, 1.165) is 11.1 Å². The van der Waals surface area contributed by atoms with E-state index in [0.29, 0.717) is 17.8 Å². The second-order valence-corrected chi connectivity index (χ2v) is 7.55. The molecule has 0 fully saturated rings. The number of carbonyl (C=O) groups excluding carboxylic acids is 2. The maximum absolute atomic E-state index is 12.7. The van der Waals surface area contributed by atoms with Gasteiger partial charge in [-0.2, -0.15) is 0 Å². The molecule has 0 unspecified atom stereocenters. The van der Waals surface area contributed by atoms with Gasteiger partial charge in [0.2, 0.25) is 0 Å². The van der Waals surface area contributed by atoms with Crippen molar-refractivity contribution in [1.82, 2.24) is 0 Å². The van der Waals surface area contributed by atoms with Crippen molar-refractivity contribution in [3.05, 3.63) is 94.5 Å². The fourth-order valence-electron chi connectivity index (χ4n) is 3.03. The third-order valence-electron chi connectivity index (χ3n) is 4.63. The molecular formula is C24H24ClN3O4. The summed E-state index contributed by atoms with van der Waals surface area (Å²) in [5, 5.41) is 14.7. The van der Waals surface area contributed by atoms with Gasteiger partial charge in [0.15, 0.2) is 0 Å². The lowest BCUT2D eigenvalue weighted by Gasteiger charge is -2.13. The van der Waals surface area contributed by atoms with E-state index in [1.165, 1.54) is 18.2 Å². The van der Waals surface area contributed by atoms with E-state index >= 15 is 0 Å². The molecule has 0 radical (unpaired) electrons. The SMILES string of the molecule is N[C@@H](CCO)c1cccc(NC(=O)c2cc(Cl)cc(NC(=O)OCc3ccccc3)c2)c1. The Morgan fingerprint density at radius 3 is 2.50 bits per heavy atom. The first kappa shape index (κ1) is 23.3. The number of hydrogen-bond acceptors (Lipinski definition) is 5. The molecule has 166 valence electrons. The summed E-state index contributed by atoms with van der Waals surface area (Å²) in [6.45, 7) is 0.0964.